The standard InChI is InChI=1S/C20H32N4O2/c1-16(19(26)22-20(2,3)4)24-12-10-23(11-13-24)15-18(25)21-14-17-8-6-5-7-9-17/h5-9,16H,10-15H2,1-4H3,(H,21,25)(H,22,26). The third kappa shape index (κ3) is 6.77. The zero-order valence-corrected chi connectivity index (χ0v) is 16.4. The number of rotatable bonds is 6. The lowest BCUT2D eigenvalue weighted by molar-refractivity contribution is -0.129. The van der Waals surface area contributed by atoms with E-state index in [9.17, 15) is 9.59 Å². The Labute approximate surface area is 156 Å². The van der Waals surface area contributed by atoms with Crippen molar-refractivity contribution in [2.45, 2.75) is 45.8 Å². The summed E-state index contributed by atoms with van der Waals surface area (Å²) >= 11 is 0. The van der Waals surface area contributed by atoms with Crippen LogP contribution in [-0.2, 0) is 16.1 Å². The molecule has 0 spiro atoms. The molecule has 1 aliphatic heterocycles. The highest BCUT2D eigenvalue weighted by atomic mass is 16.2. The fraction of sp³-hybridized carbons (Fsp3) is 0.600. The second-order valence-corrected chi connectivity index (χ2v) is 7.99. The molecule has 0 aliphatic carbocycles. The van der Waals surface area contributed by atoms with Crippen LogP contribution in [0.25, 0.3) is 0 Å². The second-order valence-electron chi connectivity index (χ2n) is 7.99. The number of hydrogen-bond acceptors (Lipinski definition) is 4. The molecule has 2 N–H and O–H groups in total. The topological polar surface area (TPSA) is 64.7 Å². The third-order valence-corrected chi connectivity index (χ3v) is 4.53. The first-order valence-corrected chi connectivity index (χ1v) is 9.33. The van der Waals surface area contributed by atoms with Gasteiger partial charge in [-0.05, 0) is 33.3 Å². The van der Waals surface area contributed by atoms with Crippen molar-refractivity contribution >= 4 is 11.8 Å². The molecule has 1 atom stereocenters. The fourth-order valence-electron chi connectivity index (χ4n) is 3.00. The van der Waals surface area contributed by atoms with Gasteiger partial charge in [-0.3, -0.25) is 19.4 Å². The number of benzene rings is 1. The highest BCUT2D eigenvalue weighted by Gasteiger charge is 2.28. The highest BCUT2D eigenvalue weighted by molar-refractivity contribution is 5.82. The molecule has 26 heavy (non-hydrogen) atoms. The van der Waals surface area contributed by atoms with Crippen LogP contribution in [0.15, 0.2) is 30.3 Å². The van der Waals surface area contributed by atoms with Gasteiger partial charge in [0.1, 0.15) is 0 Å². The van der Waals surface area contributed by atoms with Crippen LogP contribution < -0.4 is 10.6 Å². The van der Waals surface area contributed by atoms with E-state index in [1.807, 2.05) is 58.0 Å². The van der Waals surface area contributed by atoms with Crippen LogP contribution >= 0.6 is 0 Å². The number of amides is 2. The molecule has 0 aromatic heterocycles. The molecule has 1 saturated heterocycles. The first-order chi connectivity index (χ1) is 12.2. The van der Waals surface area contributed by atoms with Gasteiger partial charge in [0.25, 0.3) is 0 Å². The lowest BCUT2D eigenvalue weighted by Crippen LogP contribution is -2.56. The van der Waals surface area contributed by atoms with Crippen LogP contribution in [0.4, 0.5) is 0 Å². The lowest BCUT2D eigenvalue weighted by atomic mass is 10.1. The van der Waals surface area contributed by atoms with E-state index in [0.29, 0.717) is 13.1 Å². The van der Waals surface area contributed by atoms with Crippen molar-refractivity contribution in [2.75, 3.05) is 32.7 Å². The van der Waals surface area contributed by atoms with Crippen LogP contribution in [0.2, 0.25) is 0 Å². The molecule has 0 bridgehead atoms. The van der Waals surface area contributed by atoms with E-state index < -0.39 is 0 Å². The maximum Gasteiger partial charge on any atom is 0.237 e. The summed E-state index contributed by atoms with van der Waals surface area (Å²) in [6, 6.07) is 9.76. The number of piperazine rings is 1. The van der Waals surface area contributed by atoms with E-state index in [-0.39, 0.29) is 23.4 Å². The van der Waals surface area contributed by atoms with Crippen molar-refractivity contribution < 1.29 is 9.59 Å². The Morgan fingerprint density at radius 1 is 1.08 bits per heavy atom. The second kappa shape index (κ2) is 9.14. The van der Waals surface area contributed by atoms with Crippen molar-refractivity contribution in [3.8, 4) is 0 Å². The number of carbonyl (C=O) groups is 2. The highest BCUT2D eigenvalue weighted by Crippen LogP contribution is 2.08. The number of hydrogen-bond donors (Lipinski definition) is 2. The number of nitrogens with one attached hydrogen (secondary N) is 2. The first kappa shape index (κ1) is 20.4. The minimum Gasteiger partial charge on any atom is -0.351 e. The van der Waals surface area contributed by atoms with Crippen molar-refractivity contribution in [1.29, 1.82) is 0 Å². The largest absolute Gasteiger partial charge is 0.351 e. The molecule has 6 nitrogen and oxygen atoms in total. The molecule has 1 fully saturated rings. The van der Waals surface area contributed by atoms with Gasteiger partial charge < -0.3 is 10.6 Å². The van der Waals surface area contributed by atoms with Crippen LogP contribution in [0.3, 0.4) is 0 Å². The van der Waals surface area contributed by atoms with E-state index >= 15 is 0 Å². The molecule has 1 aromatic rings. The Kier molecular flexibility index (Phi) is 7.17. The van der Waals surface area contributed by atoms with E-state index in [1.54, 1.807) is 0 Å². The number of carbonyl (C=O) groups excluding carboxylic acids is 2. The zero-order chi connectivity index (χ0) is 19.2. The van der Waals surface area contributed by atoms with Gasteiger partial charge >= 0.3 is 0 Å². The Bertz CT molecular complexity index is 590. The van der Waals surface area contributed by atoms with Crippen LogP contribution in [0.1, 0.15) is 33.3 Å². The summed E-state index contributed by atoms with van der Waals surface area (Å²) < 4.78 is 0. The van der Waals surface area contributed by atoms with Crippen molar-refractivity contribution in [2.24, 2.45) is 0 Å². The first-order valence-electron chi connectivity index (χ1n) is 9.33. The Hall–Kier alpha value is -1.92. The molecule has 1 unspecified atom stereocenters. The summed E-state index contributed by atoms with van der Waals surface area (Å²) in [5.74, 6) is 0.104. The minimum absolute atomic E-state index is 0.0424. The van der Waals surface area contributed by atoms with Gasteiger partial charge in [-0.25, -0.2) is 0 Å². The predicted molar refractivity (Wildman–Crippen MR) is 104 cm³/mol. The molecule has 0 radical (unpaired) electrons. The van der Waals surface area contributed by atoms with Gasteiger partial charge in [0.2, 0.25) is 11.8 Å². The van der Waals surface area contributed by atoms with Crippen molar-refractivity contribution in [1.82, 2.24) is 20.4 Å². The normalized spacial score (nSPS) is 17.5. The van der Waals surface area contributed by atoms with E-state index in [1.165, 1.54) is 0 Å². The maximum absolute atomic E-state index is 12.3. The fourth-order valence-corrected chi connectivity index (χ4v) is 3.00. The molecular formula is C20H32N4O2. The lowest BCUT2D eigenvalue weighted by Gasteiger charge is -2.38. The van der Waals surface area contributed by atoms with Gasteiger partial charge in [-0.15, -0.1) is 0 Å². The van der Waals surface area contributed by atoms with E-state index in [2.05, 4.69) is 20.4 Å². The summed E-state index contributed by atoms with van der Waals surface area (Å²) in [4.78, 5) is 28.8. The predicted octanol–water partition coefficient (Wildman–Crippen LogP) is 1.22. The average Bonchev–Trinajstić information content (AvgIpc) is 2.59. The zero-order valence-electron chi connectivity index (χ0n) is 16.4. The van der Waals surface area contributed by atoms with E-state index in [4.69, 9.17) is 0 Å². The Morgan fingerprint density at radius 3 is 2.27 bits per heavy atom. The maximum atomic E-state index is 12.3. The van der Waals surface area contributed by atoms with Crippen LogP contribution in [0.5, 0.6) is 0 Å². The molecule has 2 rings (SSSR count). The summed E-state index contributed by atoms with van der Waals surface area (Å²) in [5, 5.41) is 6.00. The molecule has 6 heteroatoms. The van der Waals surface area contributed by atoms with Crippen molar-refractivity contribution in [3.05, 3.63) is 35.9 Å². The summed E-state index contributed by atoms with van der Waals surface area (Å²) in [7, 11) is 0. The Morgan fingerprint density at radius 2 is 1.69 bits per heavy atom. The van der Waals surface area contributed by atoms with E-state index in [0.717, 1.165) is 31.7 Å². The van der Waals surface area contributed by atoms with Gasteiger partial charge in [0, 0.05) is 38.3 Å². The number of nitrogens with zero attached hydrogens (tertiary/aromatic N) is 2. The molecular weight excluding hydrogens is 328 g/mol. The Balaban J connectivity index is 1.70. The van der Waals surface area contributed by atoms with Crippen LogP contribution in [-0.4, -0.2) is 65.9 Å². The van der Waals surface area contributed by atoms with Crippen molar-refractivity contribution in [3.63, 3.8) is 0 Å². The smallest absolute Gasteiger partial charge is 0.237 e. The van der Waals surface area contributed by atoms with Gasteiger partial charge in [0.15, 0.2) is 0 Å². The summed E-state index contributed by atoms with van der Waals surface area (Å²) in [6.45, 7) is 12.1. The quantitative estimate of drug-likeness (QED) is 0.801. The van der Waals surface area contributed by atoms with Crippen LogP contribution in [0, 0.1) is 0 Å². The van der Waals surface area contributed by atoms with Gasteiger partial charge in [-0.1, -0.05) is 30.3 Å². The molecule has 1 aromatic carbocycles. The molecule has 2 amide bonds. The minimum atomic E-state index is -0.218. The van der Waals surface area contributed by atoms with Gasteiger partial charge in [-0.2, -0.15) is 0 Å². The average molecular weight is 361 g/mol. The third-order valence-electron chi connectivity index (χ3n) is 4.53. The van der Waals surface area contributed by atoms with Gasteiger partial charge in [0.05, 0.1) is 12.6 Å². The summed E-state index contributed by atoms with van der Waals surface area (Å²) in [5.41, 5.74) is 0.883. The molecule has 1 aliphatic rings. The SMILES string of the molecule is CC(C(=O)NC(C)(C)C)N1CCN(CC(=O)NCc2ccccc2)CC1. The summed E-state index contributed by atoms with van der Waals surface area (Å²) in [6.07, 6.45) is 0. The molecule has 144 valence electrons. The monoisotopic (exact) mass is 360 g/mol. The molecule has 1 heterocycles. The molecule has 0 saturated carbocycles.